The maximum atomic E-state index is 11.5. The predicted octanol–water partition coefficient (Wildman–Crippen LogP) is 2.67. The molecule has 0 spiro atoms. The highest BCUT2D eigenvalue weighted by atomic mass is 16.5. The fourth-order valence-corrected chi connectivity index (χ4v) is 4.11. The highest BCUT2D eigenvalue weighted by Crippen LogP contribution is 2.48. The second-order valence-corrected chi connectivity index (χ2v) is 6.14. The molecule has 2 aliphatic carbocycles. The van der Waals surface area contributed by atoms with E-state index in [9.17, 15) is 9.90 Å². The van der Waals surface area contributed by atoms with E-state index in [2.05, 4.69) is 5.32 Å². The van der Waals surface area contributed by atoms with E-state index in [1.807, 2.05) is 31.2 Å². The number of carboxylic acids is 1. The number of nitrogens with one attached hydrogen (secondary N) is 1. The number of benzene rings is 1. The van der Waals surface area contributed by atoms with Gasteiger partial charge in [0.1, 0.15) is 5.75 Å². The Morgan fingerprint density at radius 3 is 2.86 bits per heavy atom. The summed E-state index contributed by atoms with van der Waals surface area (Å²) in [5, 5.41) is 13.0. The number of carboxylic acid groups (broad SMARTS) is 1. The van der Waals surface area contributed by atoms with E-state index in [1.54, 1.807) is 0 Å². The number of rotatable bonds is 6. The molecule has 114 valence electrons. The van der Waals surface area contributed by atoms with E-state index >= 15 is 0 Å². The number of aliphatic carboxylic acids is 1. The Labute approximate surface area is 125 Å². The van der Waals surface area contributed by atoms with Gasteiger partial charge in [0.05, 0.1) is 12.5 Å². The van der Waals surface area contributed by atoms with Gasteiger partial charge in [0.15, 0.2) is 0 Å². The number of fused-ring (bicyclic) bond motifs is 2. The van der Waals surface area contributed by atoms with E-state index in [4.69, 9.17) is 4.74 Å². The van der Waals surface area contributed by atoms with Crippen LogP contribution in [0.15, 0.2) is 24.3 Å². The van der Waals surface area contributed by atoms with Crippen LogP contribution in [0.3, 0.4) is 0 Å². The highest BCUT2D eigenvalue weighted by molar-refractivity contribution is 5.72. The summed E-state index contributed by atoms with van der Waals surface area (Å²) in [5.74, 6) is 0.922. The topological polar surface area (TPSA) is 58.6 Å². The van der Waals surface area contributed by atoms with Crippen LogP contribution in [-0.4, -0.2) is 23.7 Å². The highest BCUT2D eigenvalue weighted by Gasteiger charge is 2.50. The Bertz CT molecular complexity index is 517. The molecule has 1 aromatic carbocycles. The van der Waals surface area contributed by atoms with Crippen molar-refractivity contribution in [3.63, 3.8) is 0 Å². The zero-order valence-electron chi connectivity index (χ0n) is 12.4. The second-order valence-electron chi connectivity index (χ2n) is 6.14. The summed E-state index contributed by atoms with van der Waals surface area (Å²) >= 11 is 0. The Morgan fingerprint density at radius 1 is 1.33 bits per heavy atom. The van der Waals surface area contributed by atoms with Crippen LogP contribution in [0.25, 0.3) is 0 Å². The monoisotopic (exact) mass is 289 g/mol. The first kappa shape index (κ1) is 14.4. The Balaban J connectivity index is 1.68. The molecule has 3 rings (SSSR count). The van der Waals surface area contributed by atoms with Gasteiger partial charge in [-0.25, -0.2) is 0 Å². The molecule has 4 unspecified atom stereocenters. The van der Waals surface area contributed by atoms with Crippen molar-refractivity contribution < 1.29 is 14.6 Å². The minimum Gasteiger partial charge on any atom is -0.494 e. The Kier molecular flexibility index (Phi) is 4.15. The van der Waals surface area contributed by atoms with Gasteiger partial charge in [-0.05, 0) is 44.1 Å². The molecule has 2 saturated carbocycles. The molecule has 0 saturated heterocycles. The van der Waals surface area contributed by atoms with Gasteiger partial charge in [0.2, 0.25) is 0 Å². The van der Waals surface area contributed by atoms with E-state index in [0.29, 0.717) is 25.0 Å². The lowest BCUT2D eigenvalue weighted by Crippen LogP contribution is -2.43. The third-order valence-electron chi connectivity index (χ3n) is 5.00. The molecule has 4 atom stereocenters. The van der Waals surface area contributed by atoms with Gasteiger partial charge in [0, 0.05) is 18.2 Å². The summed E-state index contributed by atoms with van der Waals surface area (Å²) < 4.78 is 5.63. The summed E-state index contributed by atoms with van der Waals surface area (Å²) in [6.45, 7) is 3.29. The molecule has 2 bridgehead atoms. The normalized spacial score (nSPS) is 30.5. The third-order valence-corrected chi connectivity index (χ3v) is 5.00. The number of hydrogen-bond acceptors (Lipinski definition) is 3. The molecule has 2 fully saturated rings. The first-order valence-corrected chi connectivity index (χ1v) is 7.87. The SMILES string of the molecule is CCOc1ccccc1CNC1C2CCC(C2)C1C(=O)O. The van der Waals surface area contributed by atoms with Gasteiger partial charge >= 0.3 is 5.97 Å². The third kappa shape index (κ3) is 2.77. The van der Waals surface area contributed by atoms with Gasteiger partial charge < -0.3 is 15.2 Å². The van der Waals surface area contributed by atoms with Crippen molar-refractivity contribution in [3.05, 3.63) is 29.8 Å². The van der Waals surface area contributed by atoms with E-state index < -0.39 is 5.97 Å². The van der Waals surface area contributed by atoms with Crippen molar-refractivity contribution in [2.75, 3.05) is 6.61 Å². The maximum absolute atomic E-state index is 11.5. The number of para-hydroxylation sites is 1. The zero-order chi connectivity index (χ0) is 14.8. The first-order chi connectivity index (χ1) is 10.2. The van der Waals surface area contributed by atoms with Gasteiger partial charge in [-0.3, -0.25) is 4.79 Å². The predicted molar refractivity (Wildman–Crippen MR) is 80.2 cm³/mol. The van der Waals surface area contributed by atoms with Gasteiger partial charge in [-0.2, -0.15) is 0 Å². The maximum Gasteiger partial charge on any atom is 0.308 e. The van der Waals surface area contributed by atoms with E-state index in [0.717, 1.165) is 24.2 Å². The van der Waals surface area contributed by atoms with Crippen molar-refractivity contribution in [1.82, 2.24) is 5.32 Å². The molecule has 0 radical (unpaired) electrons. The molecule has 0 amide bonds. The minimum atomic E-state index is -0.641. The lowest BCUT2D eigenvalue weighted by Gasteiger charge is -2.29. The summed E-state index contributed by atoms with van der Waals surface area (Å²) in [7, 11) is 0. The van der Waals surface area contributed by atoms with E-state index in [-0.39, 0.29) is 12.0 Å². The standard InChI is InChI=1S/C17H23NO3/c1-2-21-14-6-4-3-5-13(14)10-18-16-12-8-7-11(9-12)15(16)17(19)20/h3-6,11-12,15-16,18H,2,7-10H2,1H3,(H,19,20). The van der Waals surface area contributed by atoms with Crippen LogP contribution in [0.4, 0.5) is 0 Å². The lowest BCUT2D eigenvalue weighted by atomic mass is 9.84. The second kappa shape index (κ2) is 6.06. The van der Waals surface area contributed by atoms with Crippen molar-refractivity contribution >= 4 is 5.97 Å². The van der Waals surface area contributed by atoms with Crippen LogP contribution in [-0.2, 0) is 11.3 Å². The van der Waals surface area contributed by atoms with Crippen LogP contribution in [0.2, 0.25) is 0 Å². The van der Waals surface area contributed by atoms with Crippen molar-refractivity contribution in [2.45, 2.75) is 38.8 Å². The number of hydrogen-bond donors (Lipinski definition) is 2. The molecular formula is C17H23NO3. The van der Waals surface area contributed by atoms with Crippen LogP contribution >= 0.6 is 0 Å². The van der Waals surface area contributed by atoms with Crippen LogP contribution in [0.5, 0.6) is 5.75 Å². The lowest BCUT2D eigenvalue weighted by molar-refractivity contribution is -0.144. The largest absolute Gasteiger partial charge is 0.494 e. The minimum absolute atomic E-state index is 0.107. The summed E-state index contributed by atoms with van der Waals surface area (Å²) in [4.78, 5) is 11.5. The first-order valence-electron chi connectivity index (χ1n) is 7.87. The van der Waals surface area contributed by atoms with Crippen molar-refractivity contribution in [1.29, 1.82) is 0 Å². The molecule has 0 aromatic heterocycles. The molecule has 0 aliphatic heterocycles. The number of ether oxygens (including phenoxy) is 1. The molecule has 21 heavy (non-hydrogen) atoms. The molecule has 0 heterocycles. The molecule has 2 N–H and O–H groups in total. The van der Waals surface area contributed by atoms with Crippen LogP contribution in [0.1, 0.15) is 31.7 Å². The molecule has 2 aliphatic rings. The van der Waals surface area contributed by atoms with Crippen LogP contribution in [0, 0.1) is 17.8 Å². The van der Waals surface area contributed by atoms with Gasteiger partial charge in [-0.1, -0.05) is 18.2 Å². The number of carbonyl (C=O) groups is 1. The summed E-state index contributed by atoms with van der Waals surface area (Å²) in [5.41, 5.74) is 1.10. The van der Waals surface area contributed by atoms with Crippen molar-refractivity contribution in [3.8, 4) is 5.75 Å². The van der Waals surface area contributed by atoms with Crippen molar-refractivity contribution in [2.24, 2.45) is 17.8 Å². The smallest absolute Gasteiger partial charge is 0.308 e. The summed E-state index contributed by atoms with van der Waals surface area (Å²) in [6, 6.07) is 8.08. The average Bonchev–Trinajstić information content (AvgIpc) is 3.07. The molecule has 4 heteroatoms. The quantitative estimate of drug-likeness (QED) is 0.845. The van der Waals surface area contributed by atoms with Crippen LogP contribution < -0.4 is 10.1 Å². The van der Waals surface area contributed by atoms with Gasteiger partial charge in [0.25, 0.3) is 0 Å². The summed E-state index contributed by atoms with van der Waals surface area (Å²) in [6.07, 6.45) is 3.32. The molecular weight excluding hydrogens is 266 g/mol. The molecule has 1 aromatic rings. The fourth-order valence-electron chi connectivity index (χ4n) is 4.11. The zero-order valence-corrected chi connectivity index (χ0v) is 12.4. The Morgan fingerprint density at radius 2 is 2.10 bits per heavy atom. The Hall–Kier alpha value is -1.55. The molecule has 4 nitrogen and oxygen atoms in total. The van der Waals surface area contributed by atoms with Gasteiger partial charge in [-0.15, -0.1) is 0 Å². The van der Waals surface area contributed by atoms with E-state index in [1.165, 1.54) is 6.42 Å². The average molecular weight is 289 g/mol. The fraction of sp³-hybridized carbons (Fsp3) is 0.588.